The second kappa shape index (κ2) is 8.86. The molecule has 0 fully saturated rings. The maximum atomic E-state index is 12.0. The lowest BCUT2D eigenvalue weighted by Crippen LogP contribution is -2.14. The molecule has 0 saturated carbocycles. The molecule has 3 aromatic rings. The predicted octanol–water partition coefficient (Wildman–Crippen LogP) is 4.45. The molecule has 0 radical (unpaired) electrons. The quantitative estimate of drug-likeness (QED) is 0.554. The van der Waals surface area contributed by atoms with Crippen LogP contribution in [-0.4, -0.2) is 21.9 Å². The van der Waals surface area contributed by atoms with Crippen molar-refractivity contribution in [1.29, 1.82) is 0 Å². The van der Waals surface area contributed by atoms with Gasteiger partial charge in [-0.15, -0.1) is 10.2 Å². The number of halogens is 1. The number of hydrogen-bond donors (Lipinski definition) is 1. The summed E-state index contributed by atoms with van der Waals surface area (Å²) in [5, 5.41) is 11.0. The van der Waals surface area contributed by atoms with E-state index < -0.39 is 0 Å². The lowest BCUT2D eigenvalue weighted by molar-refractivity contribution is -0.113. The first-order chi connectivity index (χ1) is 12.6. The SMILES string of the molecule is Cc1ccc(OCc2nnc(SCC(=O)Nc3ccccc3Br)o2)cc1. The molecular weight excluding hydrogens is 418 g/mol. The number of aryl methyl sites for hydroxylation is 1. The normalized spacial score (nSPS) is 10.5. The highest BCUT2D eigenvalue weighted by Crippen LogP contribution is 2.22. The molecule has 8 heteroatoms. The molecule has 1 amide bonds. The first-order valence-corrected chi connectivity index (χ1v) is 9.57. The lowest BCUT2D eigenvalue weighted by Gasteiger charge is -2.05. The van der Waals surface area contributed by atoms with Gasteiger partial charge in [-0.3, -0.25) is 4.79 Å². The van der Waals surface area contributed by atoms with Gasteiger partial charge in [0.1, 0.15) is 5.75 Å². The number of thioether (sulfide) groups is 1. The van der Waals surface area contributed by atoms with Crippen molar-refractivity contribution in [1.82, 2.24) is 10.2 Å². The zero-order valence-electron chi connectivity index (χ0n) is 13.9. The number of hydrogen-bond acceptors (Lipinski definition) is 6. The molecule has 1 aromatic heterocycles. The van der Waals surface area contributed by atoms with Crippen LogP contribution in [0.1, 0.15) is 11.5 Å². The number of nitrogens with one attached hydrogen (secondary N) is 1. The Balaban J connectivity index is 1.46. The Hall–Kier alpha value is -2.32. The maximum Gasteiger partial charge on any atom is 0.277 e. The van der Waals surface area contributed by atoms with Crippen molar-refractivity contribution in [2.75, 3.05) is 11.1 Å². The van der Waals surface area contributed by atoms with E-state index >= 15 is 0 Å². The molecule has 1 heterocycles. The Morgan fingerprint density at radius 3 is 2.73 bits per heavy atom. The van der Waals surface area contributed by atoms with Crippen molar-refractivity contribution in [3.63, 3.8) is 0 Å². The van der Waals surface area contributed by atoms with Crippen LogP contribution in [0.15, 0.2) is 62.6 Å². The number of para-hydroxylation sites is 1. The Bertz CT molecular complexity index is 883. The van der Waals surface area contributed by atoms with Gasteiger partial charge >= 0.3 is 0 Å². The van der Waals surface area contributed by atoms with Crippen LogP contribution in [0.5, 0.6) is 5.75 Å². The summed E-state index contributed by atoms with van der Waals surface area (Å²) in [5.41, 5.74) is 1.88. The fraction of sp³-hybridized carbons (Fsp3) is 0.167. The van der Waals surface area contributed by atoms with Gasteiger partial charge in [-0.05, 0) is 47.1 Å². The van der Waals surface area contributed by atoms with Crippen LogP contribution in [-0.2, 0) is 11.4 Å². The third-order valence-corrected chi connectivity index (χ3v) is 4.82. The van der Waals surface area contributed by atoms with Gasteiger partial charge < -0.3 is 14.5 Å². The van der Waals surface area contributed by atoms with Gasteiger partial charge in [0, 0.05) is 4.47 Å². The molecular formula is C18H16BrN3O3S. The van der Waals surface area contributed by atoms with Gasteiger partial charge in [-0.1, -0.05) is 41.6 Å². The van der Waals surface area contributed by atoms with E-state index in [1.165, 1.54) is 11.8 Å². The van der Waals surface area contributed by atoms with Gasteiger partial charge in [0.25, 0.3) is 11.1 Å². The molecule has 0 bridgehead atoms. The number of carbonyl (C=O) groups excluding carboxylic acids is 1. The van der Waals surface area contributed by atoms with E-state index in [1.54, 1.807) is 0 Å². The molecule has 1 N–H and O–H groups in total. The Morgan fingerprint density at radius 1 is 1.19 bits per heavy atom. The van der Waals surface area contributed by atoms with Crippen LogP contribution in [0.25, 0.3) is 0 Å². The smallest absolute Gasteiger partial charge is 0.277 e. The Morgan fingerprint density at radius 2 is 1.96 bits per heavy atom. The zero-order chi connectivity index (χ0) is 18.4. The van der Waals surface area contributed by atoms with Gasteiger partial charge in [-0.25, -0.2) is 0 Å². The third kappa shape index (κ3) is 5.34. The van der Waals surface area contributed by atoms with E-state index in [1.807, 2.05) is 55.5 Å². The number of benzene rings is 2. The van der Waals surface area contributed by atoms with Crippen LogP contribution >= 0.6 is 27.7 Å². The van der Waals surface area contributed by atoms with Gasteiger partial charge in [0.2, 0.25) is 5.91 Å². The van der Waals surface area contributed by atoms with E-state index in [4.69, 9.17) is 9.15 Å². The number of anilines is 1. The summed E-state index contributed by atoms with van der Waals surface area (Å²) < 4.78 is 11.9. The maximum absolute atomic E-state index is 12.0. The van der Waals surface area contributed by atoms with E-state index in [0.29, 0.717) is 11.1 Å². The molecule has 0 unspecified atom stereocenters. The second-order valence-electron chi connectivity index (χ2n) is 5.38. The number of ether oxygens (including phenoxy) is 1. The predicted molar refractivity (Wildman–Crippen MR) is 103 cm³/mol. The fourth-order valence-corrected chi connectivity index (χ4v) is 2.97. The molecule has 134 valence electrons. The largest absolute Gasteiger partial charge is 0.484 e. The van der Waals surface area contributed by atoms with Crippen LogP contribution in [0.3, 0.4) is 0 Å². The summed E-state index contributed by atoms with van der Waals surface area (Å²) in [6.07, 6.45) is 0. The lowest BCUT2D eigenvalue weighted by atomic mass is 10.2. The van der Waals surface area contributed by atoms with Crippen LogP contribution in [0.4, 0.5) is 5.69 Å². The Labute approximate surface area is 163 Å². The number of nitrogens with zero attached hydrogens (tertiary/aromatic N) is 2. The van der Waals surface area contributed by atoms with E-state index in [9.17, 15) is 4.79 Å². The molecule has 0 saturated heterocycles. The molecule has 2 aromatic carbocycles. The van der Waals surface area contributed by atoms with Crippen molar-refractivity contribution in [2.45, 2.75) is 18.8 Å². The van der Waals surface area contributed by atoms with E-state index in [2.05, 4.69) is 31.4 Å². The van der Waals surface area contributed by atoms with Crippen molar-refractivity contribution >= 4 is 39.3 Å². The van der Waals surface area contributed by atoms with E-state index in [-0.39, 0.29) is 18.3 Å². The highest BCUT2D eigenvalue weighted by Gasteiger charge is 2.11. The van der Waals surface area contributed by atoms with Crippen LogP contribution in [0, 0.1) is 6.92 Å². The molecule has 6 nitrogen and oxygen atoms in total. The minimum Gasteiger partial charge on any atom is -0.484 e. The molecule has 0 spiro atoms. The van der Waals surface area contributed by atoms with Crippen molar-refractivity contribution in [3.05, 3.63) is 64.5 Å². The Kier molecular flexibility index (Phi) is 6.30. The molecule has 3 rings (SSSR count). The second-order valence-corrected chi connectivity index (χ2v) is 7.16. The molecule has 0 atom stereocenters. The number of rotatable bonds is 7. The van der Waals surface area contributed by atoms with Crippen molar-refractivity contribution in [2.24, 2.45) is 0 Å². The number of carbonyl (C=O) groups is 1. The van der Waals surface area contributed by atoms with Gasteiger partial charge in [-0.2, -0.15) is 0 Å². The van der Waals surface area contributed by atoms with Gasteiger partial charge in [0.15, 0.2) is 6.61 Å². The average Bonchev–Trinajstić information content (AvgIpc) is 3.09. The van der Waals surface area contributed by atoms with Crippen LogP contribution in [0.2, 0.25) is 0 Å². The minimum atomic E-state index is -0.155. The molecule has 0 aliphatic rings. The topological polar surface area (TPSA) is 77.2 Å². The number of amides is 1. The van der Waals surface area contributed by atoms with Gasteiger partial charge in [0.05, 0.1) is 11.4 Å². The summed E-state index contributed by atoms with van der Waals surface area (Å²) in [6.45, 7) is 2.19. The first-order valence-electron chi connectivity index (χ1n) is 7.79. The minimum absolute atomic E-state index is 0.155. The number of aromatic nitrogens is 2. The fourth-order valence-electron chi connectivity index (χ4n) is 2.01. The third-order valence-electron chi connectivity index (χ3n) is 3.31. The monoisotopic (exact) mass is 433 g/mol. The van der Waals surface area contributed by atoms with Crippen LogP contribution < -0.4 is 10.1 Å². The zero-order valence-corrected chi connectivity index (χ0v) is 16.3. The molecule has 0 aliphatic carbocycles. The standard InChI is InChI=1S/C18H16BrN3O3S/c1-12-6-8-13(9-7-12)24-10-17-21-22-18(25-17)26-11-16(23)20-15-5-3-2-4-14(15)19/h2-9H,10-11H2,1H3,(H,20,23). The summed E-state index contributed by atoms with van der Waals surface area (Å²) in [4.78, 5) is 12.0. The van der Waals surface area contributed by atoms with E-state index in [0.717, 1.165) is 21.5 Å². The summed E-state index contributed by atoms with van der Waals surface area (Å²) in [7, 11) is 0. The molecule has 0 aliphatic heterocycles. The molecule has 26 heavy (non-hydrogen) atoms. The summed E-state index contributed by atoms with van der Waals surface area (Å²) >= 11 is 4.56. The highest BCUT2D eigenvalue weighted by atomic mass is 79.9. The van der Waals surface area contributed by atoms with Crippen molar-refractivity contribution in [3.8, 4) is 5.75 Å². The van der Waals surface area contributed by atoms with Crippen molar-refractivity contribution < 1.29 is 13.9 Å². The average molecular weight is 434 g/mol. The summed E-state index contributed by atoms with van der Waals surface area (Å²) in [6, 6.07) is 15.1. The highest BCUT2D eigenvalue weighted by molar-refractivity contribution is 9.10. The first kappa shape index (κ1) is 18.5. The summed E-state index contributed by atoms with van der Waals surface area (Å²) in [5.74, 6) is 1.11.